The maximum Gasteiger partial charge on any atom is 0.312 e. The van der Waals surface area contributed by atoms with Crippen LogP contribution in [0.1, 0.15) is 40.8 Å². The van der Waals surface area contributed by atoms with E-state index in [1.807, 2.05) is 55.5 Å². The Balaban J connectivity index is 1.42. The number of H-pyrrole nitrogens is 1. The molecule has 3 aromatic carbocycles. The Labute approximate surface area is 214 Å². The molecule has 2 N–H and O–H groups in total. The van der Waals surface area contributed by atoms with E-state index in [2.05, 4.69) is 15.4 Å². The lowest BCUT2D eigenvalue weighted by Gasteiger charge is -2.19. The van der Waals surface area contributed by atoms with Crippen molar-refractivity contribution < 1.29 is 23.9 Å². The van der Waals surface area contributed by atoms with Crippen molar-refractivity contribution >= 4 is 11.7 Å². The highest BCUT2D eigenvalue weighted by atomic mass is 19.1. The summed E-state index contributed by atoms with van der Waals surface area (Å²) < 4.78 is 19.3. The second-order valence-electron chi connectivity index (χ2n) is 8.81. The van der Waals surface area contributed by atoms with E-state index in [0.29, 0.717) is 11.5 Å². The monoisotopic (exact) mass is 501 g/mol. The van der Waals surface area contributed by atoms with Crippen LogP contribution in [0.25, 0.3) is 0 Å². The van der Waals surface area contributed by atoms with Crippen LogP contribution in [0.5, 0.6) is 5.75 Å². The summed E-state index contributed by atoms with van der Waals surface area (Å²) in [5.41, 5.74) is 4.95. The summed E-state index contributed by atoms with van der Waals surface area (Å²) in [6.45, 7) is 3.78. The standard InChI is InChI=1S/C29H28FN3O4/c1-19-3-9-23(10-4-19)28(24-16-31-32-17-24)37-26-13-7-21(8-14-26)15-27(29(34)35)20(2)33-36-18-22-5-11-25(30)12-6-22/h3-14,16-17,27-28H,15,18H2,1-2H3,(H,31,32)(H,34,35). The van der Waals surface area contributed by atoms with Crippen molar-refractivity contribution in [3.8, 4) is 5.75 Å². The maximum atomic E-state index is 13.0. The van der Waals surface area contributed by atoms with E-state index < -0.39 is 11.9 Å². The van der Waals surface area contributed by atoms with Crippen molar-refractivity contribution in [2.75, 3.05) is 0 Å². The molecule has 8 heteroatoms. The summed E-state index contributed by atoms with van der Waals surface area (Å²) in [7, 11) is 0. The summed E-state index contributed by atoms with van der Waals surface area (Å²) in [5.74, 6) is -1.54. The summed E-state index contributed by atoms with van der Waals surface area (Å²) in [5, 5.41) is 20.6. The number of benzene rings is 3. The fourth-order valence-electron chi connectivity index (χ4n) is 3.82. The maximum absolute atomic E-state index is 13.0. The first-order valence-corrected chi connectivity index (χ1v) is 11.8. The molecule has 2 atom stereocenters. The van der Waals surface area contributed by atoms with Gasteiger partial charge in [-0.3, -0.25) is 9.89 Å². The molecule has 0 aliphatic carbocycles. The first-order valence-electron chi connectivity index (χ1n) is 11.8. The Morgan fingerprint density at radius 2 is 1.68 bits per heavy atom. The summed E-state index contributed by atoms with van der Waals surface area (Å²) >= 11 is 0. The predicted molar refractivity (Wildman–Crippen MR) is 138 cm³/mol. The number of aromatic nitrogens is 2. The molecular weight excluding hydrogens is 473 g/mol. The Hall–Kier alpha value is -4.46. The second-order valence-corrected chi connectivity index (χ2v) is 8.81. The Morgan fingerprint density at radius 1 is 1.00 bits per heavy atom. The van der Waals surface area contributed by atoms with Gasteiger partial charge in [0, 0.05) is 11.8 Å². The zero-order valence-electron chi connectivity index (χ0n) is 20.6. The molecule has 0 saturated heterocycles. The van der Waals surface area contributed by atoms with E-state index in [1.54, 1.807) is 31.5 Å². The lowest BCUT2D eigenvalue weighted by molar-refractivity contribution is -0.139. The third-order valence-electron chi connectivity index (χ3n) is 5.97. The minimum Gasteiger partial charge on any atom is -0.481 e. The molecule has 1 heterocycles. The normalized spacial score (nSPS) is 13.1. The van der Waals surface area contributed by atoms with E-state index in [-0.39, 0.29) is 24.9 Å². The van der Waals surface area contributed by atoms with Crippen LogP contribution in [0.15, 0.2) is 90.3 Å². The highest BCUT2D eigenvalue weighted by molar-refractivity contribution is 6.00. The summed E-state index contributed by atoms with van der Waals surface area (Å²) in [6.07, 6.45) is 3.44. The minimum atomic E-state index is -0.994. The Bertz CT molecular complexity index is 1320. The minimum absolute atomic E-state index is 0.120. The summed E-state index contributed by atoms with van der Waals surface area (Å²) in [4.78, 5) is 17.2. The molecule has 0 aliphatic rings. The molecule has 1 aromatic heterocycles. The van der Waals surface area contributed by atoms with Crippen LogP contribution < -0.4 is 4.74 Å². The number of aliphatic carboxylic acids is 1. The van der Waals surface area contributed by atoms with Crippen molar-refractivity contribution in [1.29, 1.82) is 0 Å². The molecule has 0 bridgehead atoms. The number of carboxylic acids is 1. The van der Waals surface area contributed by atoms with Gasteiger partial charge in [-0.2, -0.15) is 5.10 Å². The Morgan fingerprint density at radius 3 is 2.30 bits per heavy atom. The number of hydrogen-bond donors (Lipinski definition) is 2. The van der Waals surface area contributed by atoms with Gasteiger partial charge in [0.15, 0.2) is 6.10 Å². The van der Waals surface area contributed by atoms with Gasteiger partial charge in [0.2, 0.25) is 0 Å². The van der Waals surface area contributed by atoms with Crippen LogP contribution in [-0.2, 0) is 22.7 Å². The van der Waals surface area contributed by atoms with Gasteiger partial charge < -0.3 is 14.7 Å². The highest BCUT2D eigenvalue weighted by Gasteiger charge is 2.23. The number of halogens is 1. The lowest BCUT2D eigenvalue weighted by Crippen LogP contribution is -2.24. The molecule has 37 heavy (non-hydrogen) atoms. The fraction of sp³-hybridized carbons (Fsp3) is 0.207. The van der Waals surface area contributed by atoms with Gasteiger partial charge in [-0.25, -0.2) is 4.39 Å². The number of carbonyl (C=O) groups is 1. The molecule has 0 spiro atoms. The third-order valence-corrected chi connectivity index (χ3v) is 5.97. The highest BCUT2D eigenvalue weighted by Crippen LogP contribution is 2.29. The smallest absolute Gasteiger partial charge is 0.312 e. The van der Waals surface area contributed by atoms with Crippen LogP contribution in [-0.4, -0.2) is 27.0 Å². The quantitative estimate of drug-likeness (QED) is 0.198. The molecule has 0 radical (unpaired) electrons. The molecule has 0 saturated carbocycles. The van der Waals surface area contributed by atoms with Gasteiger partial charge in [-0.15, -0.1) is 0 Å². The number of carboxylic acid groups (broad SMARTS) is 1. The van der Waals surface area contributed by atoms with E-state index in [4.69, 9.17) is 9.57 Å². The number of nitrogens with zero attached hydrogens (tertiary/aromatic N) is 2. The summed E-state index contributed by atoms with van der Waals surface area (Å²) in [6, 6.07) is 21.3. The van der Waals surface area contributed by atoms with Gasteiger partial charge in [0.1, 0.15) is 24.1 Å². The van der Waals surface area contributed by atoms with Crippen molar-refractivity contribution in [1.82, 2.24) is 10.2 Å². The molecule has 190 valence electrons. The van der Waals surface area contributed by atoms with Crippen LogP contribution >= 0.6 is 0 Å². The molecule has 7 nitrogen and oxygen atoms in total. The van der Waals surface area contributed by atoms with E-state index in [9.17, 15) is 14.3 Å². The molecule has 0 aliphatic heterocycles. The van der Waals surface area contributed by atoms with Crippen molar-refractivity contribution in [2.24, 2.45) is 11.1 Å². The van der Waals surface area contributed by atoms with Crippen LogP contribution in [0.4, 0.5) is 4.39 Å². The van der Waals surface area contributed by atoms with Crippen LogP contribution in [0.3, 0.4) is 0 Å². The first kappa shape index (κ1) is 25.6. The largest absolute Gasteiger partial charge is 0.481 e. The van der Waals surface area contributed by atoms with Crippen LogP contribution in [0.2, 0.25) is 0 Å². The first-order chi connectivity index (χ1) is 17.9. The van der Waals surface area contributed by atoms with Gasteiger partial charge in [0.05, 0.1) is 11.9 Å². The number of nitrogens with one attached hydrogen (secondary N) is 1. The number of ether oxygens (including phenoxy) is 1. The number of aromatic amines is 1. The second kappa shape index (κ2) is 12.0. The number of hydrogen-bond acceptors (Lipinski definition) is 5. The van der Waals surface area contributed by atoms with Crippen molar-refractivity contribution in [3.05, 3.63) is 119 Å². The van der Waals surface area contributed by atoms with E-state index in [0.717, 1.165) is 27.8 Å². The third kappa shape index (κ3) is 7.04. The number of aryl methyl sites for hydroxylation is 1. The Kier molecular flexibility index (Phi) is 8.30. The van der Waals surface area contributed by atoms with Crippen molar-refractivity contribution in [3.63, 3.8) is 0 Å². The average Bonchev–Trinajstić information content (AvgIpc) is 3.43. The molecule has 4 rings (SSSR count). The van der Waals surface area contributed by atoms with E-state index >= 15 is 0 Å². The zero-order chi connectivity index (χ0) is 26.2. The number of oxime groups is 1. The van der Waals surface area contributed by atoms with Gasteiger partial charge in [-0.05, 0) is 61.2 Å². The van der Waals surface area contributed by atoms with Crippen LogP contribution in [0, 0.1) is 18.7 Å². The predicted octanol–water partition coefficient (Wildman–Crippen LogP) is 5.86. The topological polar surface area (TPSA) is 96.8 Å². The molecule has 0 fully saturated rings. The van der Waals surface area contributed by atoms with E-state index in [1.165, 1.54) is 12.1 Å². The fourth-order valence-corrected chi connectivity index (χ4v) is 3.82. The van der Waals surface area contributed by atoms with Gasteiger partial charge in [-0.1, -0.05) is 59.3 Å². The molecule has 0 amide bonds. The molecule has 4 aromatic rings. The lowest BCUT2D eigenvalue weighted by atomic mass is 9.95. The zero-order valence-corrected chi connectivity index (χ0v) is 20.6. The SMILES string of the molecule is CC(=NOCc1ccc(F)cc1)C(Cc1ccc(OC(c2ccc(C)cc2)c2cn[nH]c2)cc1)C(=O)O. The van der Waals surface area contributed by atoms with Crippen molar-refractivity contribution in [2.45, 2.75) is 33.0 Å². The van der Waals surface area contributed by atoms with Gasteiger partial charge in [0.25, 0.3) is 0 Å². The molecule has 2 unspecified atom stereocenters. The number of rotatable bonds is 11. The average molecular weight is 502 g/mol. The molecular formula is C29H28FN3O4. The van der Waals surface area contributed by atoms with Gasteiger partial charge >= 0.3 is 5.97 Å².